The minimum absolute atomic E-state index is 0.0810. The first kappa shape index (κ1) is 22.9. The van der Waals surface area contributed by atoms with Crippen molar-refractivity contribution in [2.24, 2.45) is 5.92 Å². The van der Waals surface area contributed by atoms with Crippen molar-refractivity contribution in [1.29, 1.82) is 0 Å². The van der Waals surface area contributed by atoms with Gasteiger partial charge in [0, 0.05) is 19.2 Å². The Labute approximate surface area is 184 Å². The summed E-state index contributed by atoms with van der Waals surface area (Å²) in [6.07, 6.45) is 6.22. The van der Waals surface area contributed by atoms with E-state index in [1.165, 1.54) is 23.5 Å². The Morgan fingerprint density at radius 1 is 1.19 bits per heavy atom. The zero-order valence-electron chi connectivity index (χ0n) is 18.6. The van der Waals surface area contributed by atoms with E-state index in [1.807, 2.05) is 31.2 Å². The molecule has 0 bridgehead atoms. The standard InChI is InChI=1S/C25H33N3O3/c1-3-23(29)22-15-21(24(30)27-11-5-8-19-9-12-26-13-10-19)17-28(25(22)31)16-20-7-4-6-18(2)14-20/h4,6-7,14-15,17,19,26H,3,5,8-13,16H2,1-2H3,(H,27,30). The molecule has 1 aliphatic heterocycles. The Hall–Kier alpha value is -2.73. The Morgan fingerprint density at radius 3 is 2.68 bits per heavy atom. The van der Waals surface area contributed by atoms with E-state index in [0.29, 0.717) is 18.7 Å². The van der Waals surface area contributed by atoms with E-state index in [1.54, 1.807) is 13.1 Å². The van der Waals surface area contributed by atoms with Crippen molar-refractivity contribution in [2.75, 3.05) is 19.6 Å². The molecule has 2 N–H and O–H groups in total. The molecule has 6 heteroatoms. The van der Waals surface area contributed by atoms with Gasteiger partial charge in [-0.05, 0) is 63.2 Å². The maximum absolute atomic E-state index is 12.9. The van der Waals surface area contributed by atoms with Crippen LogP contribution in [-0.4, -0.2) is 35.9 Å². The molecular formula is C25H33N3O3. The third-order valence-electron chi connectivity index (χ3n) is 5.94. The zero-order valence-corrected chi connectivity index (χ0v) is 18.6. The number of carbonyl (C=O) groups is 2. The molecule has 1 amide bonds. The molecule has 2 aromatic rings. The largest absolute Gasteiger partial charge is 0.352 e. The van der Waals surface area contributed by atoms with E-state index >= 15 is 0 Å². The minimum Gasteiger partial charge on any atom is -0.352 e. The van der Waals surface area contributed by atoms with Crippen LogP contribution in [0.15, 0.2) is 41.3 Å². The van der Waals surface area contributed by atoms with Gasteiger partial charge in [-0.25, -0.2) is 0 Å². The minimum atomic E-state index is -0.351. The molecule has 6 nitrogen and oxygen atoms in total. The fourth-order valence-corrected chi connectivity index (χ4v) is 4.14. The molecule has 0 radical (unpaired) electrons. The number of Topliss-reactive ketones (excluding diaryl/α,β-unsaturated/α-hetero) is 1. The molecular weight excluding hydrogens is 390 g/mol. The number of nitrogens with zero attached hydrogens (tertiary/aromatic N) is 1. The summed E-state index contributed by atoms with van der Waals surface area (Å²) >= 11 is 0. The number of piperidine rings is 1. The monoisotopic (exact) mass is 423 g/mol. The van der Waals surface area contributed by atoms with E-state index in [0.717, 1.165) is 43.0 Å². The van der Waals surface area contributed by atoms with Crippen LogP contribution >= 0.6 is 0 Å². The molecule has 1 aliphatic rings. The Morgan fingerprint density at radius 2 is 1.97 bits per heavy atom. The van der Waals surface area contributed by atoms with Crippen LogP contribution in [0, 0.1) is 12.8 Å². The summed E-state index contributed by atoms with van der Waals surface area (Å²) in [6, 6.07) is 9.32. The van der Waals surface area contributed by atoms with Gasteiger partial charge in [-0.15, -0.1) is 0 Å². The number of pyridine rings is 1. The highest BCUT2D eigenvalue weighted by atomic mass is 16.2. The van der Waals surface area contributed by atoms with Gasteiger partial charge in [-0.2, -0.15) is 0 Å². The van der Waals surface area contributed by atoms with Gasteiger partial charge in [0.2, 0.25) is 0 Å². The van der Waals surface area contributed by atoms with Crippen LogP contribution in [0.5, 0.6) is 0 Å². The van der Waals surface area contributed by atoms with Crippen molar-refractivity contribution in [3.8, 4) is 0 Å². The summed E-state index contributed by atoms with van der Waals surface area (Å²) in [4.78, 5) is 38.0. The lowest BCUT2D eigenvalue weighted by molar-refractivity contribution is 0.0951. The topological polar surface area (TPSA) is 80.2 Å². The lowest BCUT2D eigenvalue weighted by atomic mass is 9.93. The zero-order chi connectivity index (χ0) is 22.2. The predicted octanol–water partition coefficient (Wildman–Crippen LogP) is 3.31. The fourth-order valence-electron chi connectivity index (χ4n) is 4.14. The van der Waals surface area contributed by atoms with E-state index in [2.05, 4.69) is 10.6 Å². The average Bonchev–Trinajstić information content (AvgIpc) is 2.78. The van der Waals surface area contributed by atoms with Gasteiger partial charge in [0.05, 0.1) is 17.7 Å². The quantitative estimate of drug-likeness (QED) is 0.479. The number of carbonyl (C=O) groups excluding carboxylic acids is 2. The maximum atomic E-state index is 12.9. The van der Waals surface area contributed by atoms with Gasteiger partial charge in [-0.1, -0.05) is 36.8 Å². The molecule has 1 aromatic carbocycles. The maximum Gasteiger partial charge on any atom is 0.261 e. The van der Waals surface area contributed by atoms with Crippen molar-refractivity contribution in [3.63, 3.8) is 0 Å². The van der Waals surface area contributed by atoms with Crippen LogP contribution in [0.2, 0.25) is 0 Å². The number of benzene rings is 1. The van der Waals surface area contributed by atoms with Crippen molar-refractivity contribution in [2.45, 2.75) is 52.5 Å². The number of aryl methyl sites for hydroxylation is 1. The van der Waals surface area contributed by atoms with Crippen molar-refractivity contribution in [1.82, 2.24) is 15.2 Å². The highest BCUT2D eigenvalue weighted by Gasteiger charge is 2.17. The fraction of sp³-hybridized carbons (Fsp3) is 0.480. The van der Waals surface area contributed by atoms with Gasteiger partial charge >= 0.3 is 0 Å². The van der Waals surface area contributed by atoms with Crippen LogP contribution in [0.4, 0.5) is 0 Å². The van der Waals surface area contributed by atoms with Crippen molar-refractivity contribution < 1.29 is 9.59 Å². The number of ketones is 1. The van der Waals surface area contributed by atoms with Gasteiger partial charge in [0.15, 0.2) is 5.78 Å². The molecule has 3 rings (SSSR count). The summed E-state index contributed by atoms with van der Waals surface area (Å²) in [5.74, 6) is 0.236. The van der Waals surface area contributed by atoms with E-state index in [9.17, 15) is 14.4 Å². The summed E-state index contributed by atoms with van der Waals surface area (Å²) in [5.41, 5.74) is 2.13. The first-order valence-corrected chi connectivity index (χ1v) is 11.3. The first-order valence-electron chi connectivity index (χ1n) is 11.3. The van der Waals surface area contributed by atoms with Crippen LogP contribution in [0.3, 0.4) is 0 Å². The van der Waals surface area contributed by atoms with E-state index in [4.69, 9.17) is 0 Å². The molecule has 31 heavy (non-hydrogen) atoms. The van der Waals surface area contributed by atoms with Crippen LogP contribution in [-0.2, 0) is 6.54 Å². The molecule has 1 aromatic heterocycles. The van der Waals surface area contributed by atoms with Gasteiger partial charge in [0.1, 0.15) is 0 Å². The van der Waals surface area contributed by atoms with Crippen molar-refractivity contribution in [3.05, 3.63) is 69.1 Å². The first-order chi connectivity index (χ1) is 15.0. The van der Waals surface area contributed by atoms with Gasteiger partial charge in [-0.3, -0.25) is 14.4 Å². The smallest absolute Gasteiger partial charge is 0.261 e. The third-order valence-corrected chi connectivity index (χ3v) is 5.94. The third kappa shape index (κ3) is 6.37. The lowest BCUT2D eigenvalue weighted by Crippen LogP contribution is -2.31. The molecule has 0 aliphatic carbocycles. The van der Waals surface area contributed by atoms with Crippen molar-refractivity contribution >= 4 is 11.7 Å². The molecule has 0 unspecified atom stereocenters. The highest BCUT2D eigenvalue weighted by Crippen LogP contribution is 2.17. The molecule has 2 heterocycles. The van der Waals surface area contributed by atoms with Crippen LogP contribution < -0.4 is 16.2 Å². The van der Waals surface area contributed by atoms with E-state index < -0.39 is 0 Å². The highest BCUT2D eigenvalue weighted by molar-refractivity contribution is 6.00. The number of aromatic nitrogens is 1. The Kier molecular flexibility index (Phi) is 8.18. The molecule has 1 saturated heterocycles. The average molecular weight is 424 g/mol. The lowest BCUT2D eigenvalue weighted by Gasteiger charge is -2.22. The van der Waals surface area contributed by atoms with Crippen LogP contribution in [0.25, 0.3) is 0 Å². The second-order valence-corrected chi connectivity index (χ2v) is 8.43. The molecule has 166 valence electrons. The number of rotatable bonds is 9. The Balaban J connectivity index is 1.72. The summed E-state index contributed by atoms with van der Waals surface area (Å²) in [6.45, 7) is 6.78. The molecule has 1 fully saturated rings. The normalized spacial score (nSPS) is 14.4. The number of amides is 1. The Bertz CT molecular complexity index is 974. The molecule has 0 saturated carbocycles. The molecule has 0 atom stereocenters. The summed E-state index contributed by atoms with van der Waals surface area (Å²) in [5, 5.41) is 6.33. The second-order valence-electron chi connectivity index (χ2n) is 8.43. The van der Waals surface area contributed by atoms with E-state index in [-0.39, 0.29) is 29.2 Å². The number of hydrogen-bond donors (Lipinski definition) is 2. The molecule has 0 spiro atoms. The second kappa shape index (κ2) is 11.0. The number of hydrogen-bond acceptors (Lipinski definition) is 4. The summed E-state index contributed by atoms with van der Waals surface area (Å²) in [7, 11) is 0. The summed E-state index contributed by atoms with van der Waals surface area (Å²) < 4.78 is 1.47. The van der Waals surface area contributed by atoms with Gasteiger partial charge in [0.25, 0.3) is 11.5 Å². The SMILES string of the molecule is CCC(=O)c1cc(C(=O)NCCCC2CCNCC2)cn(Cc2cccc(C)c2)c1=O. The van der Waals surface area contributed by atoms with Gasteiger partial charge < -0.3 is 15.2 Å². The van der Waals surface area contributed by atoms with Crippen LogP contribution in [0.1, 0.15) is 70.9 Å². The number of nitrogens with one attached hydrogen (secondary N) is 2. The predicted molar refractivity (Wildman–Crippen MR) is 123 cm³/mol.